The molecular weight excluding hydrogens is 769 g/mol. The van der Waals surface area contributed by atoms with E-state index < -0.39 is 11.2 Å². The van der Waals surface area contributed by atoms with Gasteiger partial charge in [-0.3, -0.25) is 4.98 Å². The Balaban J connectivity index is 0.00000235. The molecule has 0 radical (unpaired) electrons. The maximum atomic E-state index is 12.6. The molecule has 54 heavy (non-hydrogen) atoms. The van der Waals surface area contributed by atoms with Gasteiger partial charge < -0.3 is 34.7 Å². The number of hydrogen-bond acceptors (Lipinski definition) is 5. The summed E-state index contributed by atoms with van der Waals surface area (Å²) in [6, 6.07) is 45.4. The van der Waals surface area contributed by atoms with Gasteiger partial charge in [0, 0.05) is 64.1 Å². The quantitative estimate of drug-likeness (QED) is 0.0589. The normalized spacial score (nSPS) is 12.2. The largest absolute Gasteiger partial charge is 0.379 e. The van der Waals surface area contributed by atoms with Crippen molar-refractivity contribution in [3.8, 4) is 0 Å². The number of nitrogens with one attached hydrogen (secondary N) is 2. The molecule has 0 amide bonds. The van der Waals surface area contributed by atoms with E-state index >= 15 is 0 Å². The molecule has 1 heterocycles. The van der Waals surface area contributed by atoms with Crippen LogP contribution in [0.1, 0.15) is 88.0 Å². The van der Waals surface area contributed by atoms with Crippen LogP contribution in [-0.4, -0.2) is 27.3 Å². The first-order chi connectivity index (χ1) is 25.2. The maximum absolute atomic E-state index is 12.6. The summed E-state index contributed by atoms with van der Waals surface area (Å²) in [6.45, 7) is 19.8. The molecule has 0 bridgehead atoms. The molecule has 0 spiro atoms. The minimum Gasteiger partial charge on any atom is -0.379 e. The van der Waals surface area contributed by atoms with Crippen molar-refractivity contribution in [3.63, 3.8) is 0 Å². The van der Waals surface area contributed by atoms with E-state index in [0.29, 0.717) is 24.9 Å². The molecular formula is C47H61N3O2Zn2-2. The Morgan fingerprint density at radius 1 is 0.463 bits per heavy atom. The molecule has 0 aliphatic rings. The Kier molecular flexibility index (Phi) is 23.0. The van der Waals surface area contributed by atoms with E-state index in [9.17, 15) is 10.2 Å². The molecule has 5 aromatic rings. The molecule has 5 rings (SSSR count). The fourth-order valence-electron chi connectivity index (χ4n) is 6.83. The van der Waals surface area contributed by atoms with Gasteiger partial charge in [0.2, 0.25) is 0 Å². The van der Waals surface area contributed by atoms with Crippen LogP contribution in [0.2, 0.25) is 0 Å². The van der Waals surface area contributed by atoms with Crippen molar-refractivity contribution in [2.24, 2.45) is 11.8 Å². The van der Waals surface area contributed by atoms with Gasteiger partial charge in [0.15, 0.2) is 0 Å². The standard InChI is InChI=1S/C43H51N3O2.2C2H5.2Zn/c1-32(2)28-40(42(47,34-18-9-5-10-19-34)35-20-11-6-12-21-35)44-30-38-26-17-27-39(46-38)31-45-41(29-33(3)4)43(48,36-22-13-7-14-23-36)37-24-15-8-16-25-37;2*1-2;;/h5-27,32-33,40-41,44-45,47-48H,28-31H2,1-4H3;2*1H2,2H3;;/q;2*-1;;/t40-,41-;;;;/m0..../s1. The van der Waals surface area contributed by atoms with Crippen LogP contribution in [0.5, 0.6) is 0 Å². The molecule has 2 atom stereocenters. The summed E-state index contributed by atoms with van der Waals surface area (Å²) >= 11 is 0. The second kappa shape index (κ2) is 25.3. The Bertz CT molecular complexity index is 1470. The molecule has 4 N–H and O–H groups in total. The third kappa shape index (κ3) is 13.1. The maximum Gasteiger partial charge on any atom is 0.130 e. The van der Waals surface area contributed by atoms with Gasteiger partial charge in [-0.1, -0.05) is 155 Å². The molecule has 0 unspecified atom stereocenters. The van der Waals surface area contributed by atoms with Crippen molar-refractivity contribution in [2.75, 3.05) is 0 Å². The smallest absolute Gasteiger partial charge is 0.130 e. The first-order valence-corrected chi connectivity index (χ1v) is 18.7. The van der Waals surface area contributed by atoms with E-state index in [0.717, 1.165) is 46.5 Å². The summed E-state index contributed by atoms with van der Waals surface area (Å²) in [5.41, 5.74) is 2.79. The van der Waals surface area contributed by atoms with E-state index in [4.69, 9.17) is 4.98 Å². The Labute approximate surface area is 352 Å². The fourth-order valence-corrected chi connectivity index (χ4v) is 6.83. The van der Waals surface area contributed by atoms with E-state index in [2.05, 4.69) is 52.2 Å². The third-order valence-corrected chi connectivity index (χ3v) is 9.20. The second-order valence-corrected chi connectivity index (χ2v) is 13.7. The molecule has 0 saturated carbocycles. The summed E-state index contributed by atoms with van der Waals surface area (Å²) in [6.07, 6.45) is 1.55. The molecule has 0 aliphatic heterocycles. The average molecular weight is 831 g/mol. The Hall–Kier alpha value is -2.88. The van der Waals surface area contributed by atoms with Crippen LogP contribution in [0.25, 0.3) is 0 Å². The summed E-state index contributed by atoms with van der Waals surface area (Å²) < 4.78 is 0. The molecule has 1 aromatic heterocycles. The number of benzene rings is 4. The summed E-state index contributed by atoms with van der Waals surface area (Å²) in [4.78, 5) is 5.04. The number of aromatic nitrogens is 1. The minimum atomic E-state index is -1.23. The van der Waals surface area contributed by atoms with Crippen LogP contribution in [0.4, 0.5) is 0 Å². The number of rotatable bonds is 16. The molecule has 0 fully saturated rings. The van der Waals surface area contributed by atoms with E-state index in [1.807, 2.05) is 140 Å². The Morgan fingerprint density at radius 2 is 0.722 bits per heavy atom. The molecule has 0 aliphatic carbocycles. The predicted octanol–water partition coefficient (Wildman–Crippen LogP) is 9.64. The van der Waals surface area contributed by atoms with E-state index in [-0.39, 0.29) is 51.0 Å². The van der Waals surface area contributed by atoms with Crippen LogP contribution < -0.4 is 10.6 Å². The Morgan fingerprint density at radius 3 is 0.963 bits per heavy atom. The van der Waals surface area contributed by atoms with Gasteiger partial charge in [-0.25, -0.2) is 0 Å². The van der Waals surface area contributed by atoms with Gasteiger partial charge in [0.1, 0.15) is 11.2 Å². The fraction of sp³-hybridized carbons (Fsp3) is 0.340. The van der Waals surface area contributed by atoms with Gasteiger partial charge in [-0.05, 0) is 59.1 Å². The third-order valence-electron chi connectivity index (χ3n) is 9.20. The van der Waals surface area contributed by atoms with Crippen LogP contribution >= 0.6 is 0 Å². The van der Waals surface area contributed by atoms with Gasteiger partial charge in [-0.2, -0.15) is 13.8 Å². The van der Waals surface area contributed by atoms with Crippen molar-refractivity contribution >= 4 is 0 Å². The topological polar surface area (TPSA) is 77.4 Å². The van der Waals surface area contributed by atoms with Gasteiger partial charge in [-0.15, -0.1) is 0 Å². The monoisotopic (exact) mass is 827 g/mol. The molecule has 282 valence electrons. The zero-order valence-corrected chi connectivity index (χ0v) is 39.5. The average Bonchev–Trinajstić information content (AvgIpc) is 3.20. The molecule has 7 heteroatoms. The number of nitrogens with zero attached hydrogens (tertiary/aromatic N) is 1. The van der Waals surface area contributed by atoms with Gasteiger partial charge >= 0.3 is 0 Å². The predicted molar refractivity (Wildman–Crippen MR) is 218 cm³/mol. The molecule has 5 nitrogen and oxygen atoms in total. The zero-order chi connectivity index (χ0) is 38.0. The summed E-state index contributed by atoms with van der Waals surface area (Å²) in [5, 5.41) is 32.6. The van der Waals surface area contributed by atoms with Crippen LogP contribution in [-0.2, 0) is 63.2 Å². The summed E-state index contributed by atoms with van der Waals surface area (Å²) in [5.74, 6) is 0.714. The van der Waals surface area contributed by atoms with Crippen molar-refractivity contribution in [1.29, 1.82) is 0 Å². The van der Waals surface area contributed by atoms with E-state index in [1.54, 1.807) is 13.8 Å². The first kappa shape index (κ1) is 49.1. The molecule has 4 aromatic carbocycles. The number of hydrogen-bond donors (Lipinski definition) is 4. The van der Waals surface area contributed by atoms with Gasteiger partial charge in [0.05, 0.1) is 11.4 Å². The van der Waals surface area contributed by atoms with Crippen molar-refractivity contribution < 1.29 is 49.2 Å². The minimum absolute atomic E-state index is 0. The first-order valence-electron chi connectivity index (χ1n) is 18.7. The van der Waals surface area contributed by atoms with Crippen LogP contribution in [0.3, 0.4) is 0 Å². The van der Waals surface area contributed by atoms with Crippen molar-refractivity contribution in [3.05, 3.63) is 187 Å². The zero-order valence-electron chi connectivity index (χ0n) is 33.6. The van der Waals surface area contributed by atoms with Crippen molar-refractivity contribution in [2.45, 2.75) is 90.8 Å². The van der Waals surface area contributed by atoms with Gasteiger partial charge in [0.25, 0.3) is 0 Å². The molecule has 0 saturated heterocycles. The number of pyridine rings is 1. The van der Waals surface area contributed by atoms with Crippen LogP contribution in [0.15, 0.2) is 140 Å². The summed E-state index contributed by atoms with van der Waals surface area (Å²) in [7, 11) is 0. The van der Waals surface area contributed by atoms with E-state index in [1.165, 1.54) is 0 Å². The SMILES string of the molecule is CC(C)C[C@H](NCc1cccc(CN[C@@H](CC(C)C)C(O)(c2ccccc2)c2ccccc2)n1)C(O)(c1ccccc1)c1ccccc1.[CH2-]C.[CH2-]C.[Zn].[Zn]. The van der Waals surface area contributed by atoms with Crippen LogP contribution in [0, 0.1) is 25.7 Å². The number of aliphatic hydroxyl groups is 2. The second-order valence-electron chi connectivity index (χ2n) is 13.7. The van der Waals surface area contributed by atoms with Crippen molar-refractivity contribution in [1.82, 2.24) is 15.6 Å².